The molecular weight excluding hydrogens is 163 g/mol. The van der Waals surface area contributed by atoms with Gasteiger partial charge in [-0.2, -0.15) is 0 Å². The summed E-state index contributed by atoms with van der Waals surface area (Å²) in [4.78, 5) is 0. The fraction of sp³-hybridized carbons (Fsp3) is 0.818. The second kappa shape index (κ2) is 11.2. The Morgan fingerprint density at radius 1 is 0.917 bits per heavy atom. The molecule has 0 saturated carbocycles. The summed E-state index contributed by atoms with van der Waals surface area (Å²) >= 11 is 0. The van der Waals surface area contributed by atoms with Gasteiger partial charge in [-0.1, -0.05) is 57.3 Å². The molecule has 0 nitrogen and oxygen atoms in total. The highest BCUT2D eigenvalue weighted by Gasteiger charge is 1.88. The Morgan fingerprint density at radius 3 is 2.08 bits per heavy atom. The molecule has 72 valence electrons. The van der Waals surface area contributed by atoms with E-state index in [9.17, 15) is 0 Å². The van der Waals surface area contributed by atoms with Crippen LogP contribution in [0.5, 0.6) is 0 Å². The summed E-state index contributed by atoms with van der Waals surface area (Å²) in [5, 5.41) is 0. The first-order valence-electron chi connectivity index (χ1n) is 5.28. The molecule has 0 aliphatic carbocycles. The number of hydrogen-bond donors (Lipinski definition) is 0. The number of allylic oxidation sites excluding steroid dienone is 1. The van der Waals surface area contributed by atoms with Gasteiger partial charge in [-0.25, -0.2) is 0 Å². The van der Waals surface area contributed by atoms with Crippen LogP contribution >= 0.6 is 9.24 Å². The van der Waals surface area contributed by atoms with Gasteiger partial charge < -0.3 is 0 Å². The Hall–Kier alpha value is 0.170. The van der Waals surface area contributed by atoms with Crippen molar-refractivity contribution in [3.8, 4) is 0 Å². The first kappa shape index (κ1) is 12.2. The van der Waals surface area contributed by atoms with Gasteiger partial charge in [0.25, 0.3) is 0 Å². The van der Waals surface area contributed by atoms with Crippen LogP contribution in [0.15, 0.2) is 11.9 Å². The Balaban J connectivity index is 2.81. The molecule has 12 heavy (non-hydrogen) atoms. The van der Waals surface area contributed by atoms with E-state index >= 15 is 0 Å². The number of unbranched alkanes of at least 4 members (excludes halogenated alkanes) is 7. The summed E-state index contributed by atoms with van der Waals surface area (Å²) in [5.41, 5.74) is 0. The van der Waals surface area contributed by atoms with Crippen LogP contribution in [0, 0.1) is 0 Å². The van der Waals surface area contributed by atoms with Crippen LogP contribution in [0.4, 0.5) is 0 Å². The van der Waals surface area contributed by atoms with Crippen molar-refractivity contribution in [3.63, 3.8) is 0 Å². The van der Waals surface area contributed by atoms with Crippen LogP contribution in [0.3, 0.4) is 0 Å². The molecule has 1 atom stereocenters. The van der Waals surface area contributed by atoms with Crippen LogP contribution in [0.1, 0.15) is 58.3 Å². The molecule has 0 aromatic carbocycles. The highest BCUT2D eigenvalue weighted by atomic mass is 31.0. The van der Waals surface area contributed by atoms with E-state index in [4.69, 9.17) is 0 Å². The van der Waals surface area contributed by atoms with Crippen LogP contribution < -0.4 is 0 Å². The van der Waals surface area contributed by atoms with Gasteiger partial charge in [0.2, 0.25) is 0 Å². The van der Waals surface area contributed by atoms with Gasteiger partial charge >= 0.3 is 0 Å². The molecule has 0 aromatic heterocycles. The van der Waals surface area contributed by atoms with Crippen molar-refractivity contribution in [2.75, 3.05) is 0 Å². The molecular formula is C11H23P. The molecule has 0 N–H and O–H groups in total. The largest absolute Gasteiger partial charge is 0.114 e. The second-order valence-electron chi connectivity index (χ2n) is 3.34. The van der Waals surface area contributed by atoms with E-state index in [1.807, 2.05) is 0 Å². The first-order chi connectivity index (χ1) is 5.91. The lowest BCUT2D eigenvalue weighted by atomic mass is 10.1. The quantitative estimate of drug-likeness (QED) is 0.386. The van der Waals surface area contributed by atoms with Gasteiger partial charge in [-0.3, -0.25) is 0 Å². The average molecular weight is 186 g/mol. The van der Waals surface area contributed by atoms with E-state index in [2.05, 4.69) is 28.1 Å². The predicted octanol–water partition coefficient (Wildman–Crippen LogP) is 4.52. The van der Waals surface area contributed by atoms with Gasteiger partial charge in [0.05, 0.1) is 0 Å². The maximum Gasteiger partial charge on any atom is -0.0347 e. The van der Waals surface area contributed by atoms with E-state index in [0.717, 1.165) is 0 Å². The van der Waals surface area contributed by atoms with E-state index in [1.54, 1.807) is 0 Å². The molecule has 1 unspecified atom stereocenters. The van der Waals surface area contributed by atoms with Gasteiger partial charge in [-0.15, -0.1) is 9.24 Å². The van der Waals surface area contributed by atoms with Gasteiger partial charge in [0.15, 0.2) is 0 Å². The SMILES string of the molecule is CCCCCCCCC/C=C/P. The minimum atomic E-state index is 1.26. The van der Waals surface area contributed by atoms with Crippen molar-refractivity contribution in [2.45, 2.75) is 58.3 Å². The van der Waals surface area contributed by atoms with Crippen molar-refractivity contribution in [1.82, 2.24) is 0 Å². The lowest BCUT2D eigenvalue weighted by Gasteiger charge is -1.98. The fourth-order valence-corrected chi connectivity index (χ4v) is 1.51. The third-order valence-electron chi connectivity index (χ3n) is 2.11. The van der Waals surface area contributed by atoms with E-state index in [-0.39, 0.29) is 0 Å². The summed E-state index contributed by atoms with van der Waals surface area (Å²) in [6.07, 6.45) is 13.4. The van der Waals surface area contributed by atoms with Crippen molar-refractivity contribution >= 4 is 9.24 Å². The smallest absolute Gasteiger partial charge is 0.0347 e. The van der Waals surface area contributed by atoms with Crippen molar-refractivity contribution < 1.29 is 0 Å². The maximum absolute atomic E-state index is 2.62. The predicted molar refractivity (Wildman–Crippen MR) is 61.5 cm³/mol. The number of rotatable bonds is 8. The third kappa shape index (κ3) is 10.2. The maximum atomic E-state index is 2.62. The van der Waals surface area contributed by atoms with Crippen LogP contribution in [0.2, 0.25) is 0 Å². The molecule has 0 radical (unpaired) electrons. The lowest BCUT2D eigenvalue weighted by molar-refractivity contribution is 0.592. The number of hydrogen-bond acceptors (Lipinski definition) is 0. The zero-order valence-corrected chi connectivity index (χ0v) is 9.54. The summed E-state index contributed by atoms with van der Waals surface area (Å²) in [7, 11) is 2.62. The van der Waals surface area contributed by atoms with Crippen LogP contribution in [0.25, 0.3) is 0 Å². The fourth-order valence-electron chi connectivity index (χ4n) is 1.32. The van der Waals surface area contributed by atoms with Gasteiger partial charge in [-0.05, 0) is 12.8 Å². The molecule has 0 aromatic rings. The minimum Gasteiger partial charge on any atom is -0.114 e. The van der Waals surface area contributed by atoms with Crippen molar-refractivity contribution in [2.24, 2.45) is 0 Å². The average Bonchev–Trinajstić information content (AvgIpc) is 2.10. The first-order valence-corrected chi connectivity index (χ1v) is 5.95. The highest BCUT2D eigenvalue weighted by Crippen LogP contribution is 2.08. The van der Waals surface area contributed by atoms with Crippen molar-refractivity contribution in [3.05, 3.63) is 11.9 Å². The molecule has 0 saturated heterocycles. The molecule has 0 spiro atoms. The zero-order chi connectivity index (χ0) is 9.07. The van der Waals surface area contributed by atoms with E-state index in [0.29, 0.717) is 0 Å². The lowest BCUT2D eigenvalue weighted by Crippen LogP contribution is -1.78. The molecule has 0 aliphatic rings. The van der Waals surface area contributed by atoms with Gasteiger partial charge in [0, 0.05) is 0 Å². The molecule has 0 rings (SSSR count). The molecule has 0 fully saturated rings. The summed E-state index contributed by atoms with van der Waals surface area (Å²) < 4.78 is 0. The normalized spacial score (nSPS) is 11.2. The van der Waals surface area contributed by atoms with Crippen LogP contribution in [-0.4, -0.2) is 0 Å². The topological polar surface area (TPSA) is 0 Å². The monoisotopic (exact) mass is 186 g/mol. The third-order valence-corrected chi connectivity index (χ3v) is 2.38. The molecule has 0 heterocycles. The molecule has 0 amide bonds. The van der Waals surface area contributed by atoms with Crippen molar-refractivity contribution in [1.29, 1.82) is 0 Å². The standard InChI is InChI=1S/C11H23P/c1-2-3-4-5-6-7-8-9-10-11-12/h10-11H,2-9,12H2,1H3/b11-10+. The second-order valence-corrected chi connectivity index (χ2v) is 3.72. The Bertz CT molecular complexity index is 97.2. The molecule has 1 heteroatoms. The Labute approximate surface area is 80.0 Å². The van der Waals surface area contributed by atoms with E-state index < -0.39 is 0 Å². The van der Waals surface area contributed by atoms with Crippen LogP contribution in [-0.2, 0) is 0 Å². The molecule has 0 aliphatic heterocycles. The minimum absolute atomic E-state index is 1.26. The Kier molecular flexibility index (Phi) is 11.3. The highest BCUT2D eigenvalue weighted by molar-refractivity contribution is 7.20. The van der Waals surface area contributed by atoms with E-state index in [1.165, 1.54) is 51.4 Å². The summed E-state index contributed by atoms with van der Waals surface area (Å²) in [6, 6.07) is 0. The Morgan fingerprint density at radius 2 is 1.50 bits per heavy atom. The summed E-state index contributed by atoms with van der Waals surface area (Å²) in [5.74, 6) is 2.07. The zero-order valence-electron chi connectivity index (χ0n) is 8.39. The summed E-state index contributed by atoms with van der Waals surface area (Å²) in [6.45, 7) is 2.27. The van der Waals surface area contributed by atoms with Gasteiger partial charge in [0.1, 0.15) is 0 Å². The molecule has 0 bridgehead atoms.